The van der Waals surface area contributed by atoms with Crippen molar-refractivity contribution in [1.29, 1.82) is 0 Å². The highest BCUT2D eigenvalue weighted by molar-refractivity contribution is 6.30. The highest BCUT2D eigenvalue weighted by atomic mass is 35.5. The lowest BCUT2D eigenvalue weighted by Crippen LogP contribution is -2.30. The number of hydrogen-bond acceptors (Lipinski definition) is 4. The normalized spacial score (nSPS) is 13.8. The summed E-state index contributed by atoms with van der Waals surface area (Å²) in [7, 11) is 3.39. The summed E-state index contributed by atoms with van der Waals surface area (Å²) in [6.07, 6.45) is 4.02. The number of pyridine rings is 1. The number of amides is 1. The maximum atomic E-state index is 13.0. The third-order valence-electron chi connectivity index (χ3n) is 4.42. The molecule has 1 aliphatic rings. The number of anilines is 1. The van der Waals surface area contributed by atoms with E-state index in [-0.39, 0.29) is 5.91 Å². The summed E-state index contributed by atoms with van der Waals surface area (Å²) in [4.78, 5) is 21.3. The van der Waals surface area contributed by atoms with Crippen LogP contribution in [0.15, 0.2) is 36.5 Å². The van der Waals surface area contributed by atoms with Gasteiger partial charge in [0.15, 0.2) is 0 Å². The Bertz CT molecular complexity index is 760. The fraction of sp³-hybridized carbons (Fsp3) is 0.368. The van der Waals surface area contributed by atoms with E-state index in [9.17, 15) is 4.79 Å². The molecule has 0 radical (unpaired) electrons. The Morgan fingerprint density at radius 1 is 1.32 bits per heavy atom. The lowest BCUT2D eigenvalue weighted by molar-refractivity contribution is 0.0784. The number of benzene rings is 1. The average molecular weight is 360 g/mol. The number of halogens is 1. The molecule has 0 unspecified atom stereocenters. The van der Waals surface area contributed by atoms with Gasteiger partial charge in [0.2, 0.25) is 0 Å². The van der Waals surface area contributed by atoms with E-state index in [0.29, 0.717) is 17.1 Å². The Morgan fingerprint density at radius 2 is 2.08 bits per heavy atom. The third-order valence-corrected chi connectivity index (χ3v) is 4.65. The highest BCUT2D eigenvalue weighted by Crippen LogP contribution is 2.26. The Kier molecular flexibility index (Phi) is 5.43. The zero-order valence-corrected chi connectivity index (χ0v) is 15.3. The van der Waals surface area contributed by atoms with Gasteiger partial charge in [0.25, 0.3) is 5.91 Å². The topological polar surface area (TPSA) is 45.7 Å². The Hall–Kier alpha value is -2.27. The van der Waals surface area contributed by atoms with Crippen molar-refractivity contribution < 1.29 is 9.53 Å². The van der Waals surface area contributed by atoms with Crippen LogP contribution in [0.1, 0.15) is 28.8 Å². The number of ether oxygens (including phenoxy) is 1. The summed E-state index contributed by atoms with van der Waals surface area (Å²) in [6, 6.07) is 9.07. The molecule has 1 aromatic heterocycles. The number of methoxy groups -OCH3 is 1. The van der Waals surface area contributed by atoms with E-state index in [1.807, 2.05) is 18.2 Å². The largest absolute Gasteiger partial charge is 0.496 e. The smallest absolute Gasteiger partial charge is 0.257 e. The van der Waals surface area contributed by atoms with Crippen molar-refractivity contribution in [1.82, 2.24) is 9.88 Å². The summed E-state index contributed by atoms with van der Waals surface area (Å²) in [5.74, 6) is 1.43. The highest BCUT2D eigenvalue weighted by Gasteiger charge is 2.23. The van der Waals surface area contributed by atoms with Gasteiger partial charge in [0, 0.05) is 43.5 Å². The van der Waals surface area contributed by atoms with Crippen molar-refractivity contribution in [3.05, 3.63) is 52.7 Å². The van der Waals surface area contributed by atoms with Gasteiger partial charge in [-0.3, -0.25) is 4.79 Å². The van der Waals surface area contributed by atoms with Gasteiger partial charge in [-0.1, -0.05) is 11.6 Å². The molecule has 1 aliphatic heterocycles. The van der Waals surface area contributed by atoms with Crippen molar-refractivity contribution in [2.24, 2.45) is 0 Å². The molecular weight excluding hydrogens is 338 g/mol. The average Bonchev–Trinajstić information content (AvgIpc) is 3.16. The second kappa shape index (κ2) is 7.74. The van der Waals surface area contributed by atoms with Crippen LogP contribution >= 0.6 is 11.6 Å². The summed E-state index contributed by atoms with van der Waals surface area (Å²) >= 11 is 6.09. The second-order valence-corrected chi connectivity index (χ2v) is 6.62. The molecule has 5 nitrogen and oxygen atoms in total. The zero-order chi connectivity index (χ0) is 17.8. The van der Waals surface area contributed by atoms with Crippen LogP contribution in [0.2, 0.25) is 5.02 Å². The van der Waals surface area contributed by atoms with Crippen LogP contribution in [0.5, 0.6) is 5.75 Å². The maximum absolute atomic E-state index is 13.0. The first-order valence-corrected chi connectivity index (χ1v) is 8.76. The van der Waals surface area contributed by atoms with Crippen LogP contribution in [0.25, 0.3) is 0 Å². The molecule has 0 bridgehead atoms. The minimum Gasteiger partial charge on any atom is -0.496 e. The van der Waals surface area contributed by atoms with E-state index in [4.69, 9.17) is 16.3 Å². The number of carbonyl (C=O) groups is 1. The lowest BCUT2D eigenvalue weighted by atomic mass is 10.1. The number of nitrogens with zero attached hydrogens (tertiary/aromatic N) is 3. The molecule has 0 atom stereocenters. The van der Waals surface area contributed by atoms with Gasteiger partial charge in [-0.2, -0.15) is 0 Å². The standard InChI is InChI=1S/C19H22ClN3O2/c1-22(13-14-12-15(20)7-8-17(14)25-2)19(24)16-6-5-9-21-18(16)23-10-3-4-11-23/h5-9,12H,3-4,10-11,13H2,1-2H3. The second-order valence-electron chi connectivity index (χ2n) is 6.19. The van der Waals surface area contributed by atoms with Crippen molar-refractivity contribution in [2.45, 2.75) is 19.4 Å². The summed E-state index contributed by atoms with van der Waals surface area (Å²) < 4.78 is 5.37. The number of aromatic nitrogens is 1. The Labute approximate surface area is 153 Å². The molecule has 1 amide bonds. The number of rotatable bonds is 5. The van der Waals surface area contributed by atoms with Crippen molar-refractivity contribution in [3.63, 3.8) is 0 Å². The van der Waals surface area contributed by atoms with Crippen LogP contribution in [-0.2, 0) is 6.54 Å². The molecule has 0 aliphatic carbocycles. The van der Waals surface area contributed by atoms with E-state index in [0.717, 1.165) is 43.1 Å². The van der Waals surface area contributed by atoms with Gasteiger partial charge in [-0.25, -0.2) is 4.98 Å². The van der Waals surface area contributed by atoms with Crippen LogP contribution in [0, 0.1) is 0 Å². The molecule has 0 spiro atoms. The molecule has 6 heteroatoms. The molecule has 2 aromatic rings. The van der Waals surface area contributed by atoms with E-state index < -0.39 is 0 Å². The van der Waals surface area contributed by atoms with Crippen LogP contribution in [0.3, 0.4) is 0 Å². The number of hydrogen-bond donors (Lipinski definition) is 0. The summed E-state index contributed by atoms with van der Waals surface area (Å²) in [5, 5.41) is 0.621. The Balaban J connectivity index is 1.83. The van der Waals surface area contributed by atoms with Crippen LogP contribution < -0.4 is 9.64 Å². The van der Waals surface area contributed by atoms with E-state index in [1.54, 1.807) is 37.4 Å². The minimum absolute atomic E-state index is 0.0583. The molecule has 132 valence electrons. The van der Waals surface area contributed by atoms with Crippen LogP contribution in [0.4, 0.5) is 5.82 Å². The quantitative estimate of drug-likeness (QED) is 0.818. The van der Waals surface area contributed by atoms with Gasteiger partial charge in [0.1, 0.15) is 11.6 Å². The molecule has 1 aromatic carbocycles. The molecule has 2 heterocycles. The van der Waals surface area contributed by atoms with Gasteiger partial charge in [0.05, 0.1) is 12.7 Å². The predicted octanol–water partition coefficient (Wildman–Crippen LogP) is 3.62. The molecule has 0 N–H and O–H groups in total. The summed E-state index contributed by atoms with van der Waals surface area (Å²) in [6.45, 7) is 2.31. The number of carbonyl (C=O) groups excluding carboxylic acids is 1. The maximum Gasteiger partial charge on any atom is 0.257 e. The van der Waals surface area contributed by atoms with Gasteiger partial charge in [-0.05, 0) is 43.2 Å². The van der Waals surface area contributed by atoms with Crippen molar-refractivity contribution in [2.75, 3.05) is 32.1 Å². The van der Waals surface area contributed by atoms with Gasteiger partial charge >= 0.3 is 0 Å². The molecular formula is C19H22ClN3O2. The summed E-state index contributed by atoms with van der Waals surface area (Å²) in [5.41, 5.74) is 1.50. The minimum atomic E-state index is -0.0583. The monoisotopic (exact) mass is 359 g/mol. The van der Waals surface area contributed by atoms with Gasteiger partial charge in [-0.15, -0.1) is 0 Å². The molecule has 25 heavy (non-hydrogen) atoms. The first-order chi connectivity index (χ1) is 12.1. The van der Waals surface area contributed by atoms with Gasteiger partial charge < -0.3 is 14.5 Å². The van der Waals surface area contributed by atoms with E-state index >= 15 is 0 Å². The lowest BCUT2D eigenvalue weighted by Gasteiger charge is -2.23. The molecule has 3 rings (SSSR count). The van der Waals surface area contributed by atoms with Crippen molar-refractivity contribution >= 4 is 23.3 Å². The first-order valence-electron chi connectivity index (χ1n) is 8.38. The predicted molar refractivity (Wildman–Crippen MR) is 99.5 cm³/mol. The molecule has 1 fully saturated rings. The van der Waals surface area contributed by atoms with Crippen molar-refractivity contribution in [3.8, 4) is 5.75 Å². The van der Waals surface area contributed by atoms with Crippen LogP contribution in [-0.4, -0.2) is 43.0 Å². The molecule has 1 saturated heterocycles. The van der Waals surface area contributed by atoms with E-state index in [1.165, 1.54) is 0 Å². The SMILES string of the molecule is COc1ccc(Cl)cc1CN(C)C(=O)c1cccnc1N1CCCC1. The fourth-order valence-electron chi connectivity index (χ4n) is 3.15. The molecule has 0 saturated carbocycles. The first kappa shape index (κ1) is 17.5. The third kappa shape index (κ3) is 3.87. The zero-order valence-electron chi connectivity index (χ0n) is 14.5. The fourth-order valence-corrected chi connectivity index (χ4v) is 3.34. The van der Waals surface area contributed by atoms with E-state index in [2.05, 4.69) is 9.88 Å². The Morgan fingerprint density at radius 3 is 2.80 bits per heavy atom.